The topological polar surface area (TPSA) is 82.0 Å². The van der Waals surface area contributed by atoms with E-state index in [1.54, 1.807) is 0 Å². The van der Waals surface area contributed by atoms with E-state index in [4.69, 9.17) is 5.73 Å². The Morgan fingerprint density at radius 1 is 1.25 bits per heavy atom. The van der Waals surface area contributed by atoms with E-state index in [0.29, 0.717) is 22.7 Å². The van der Waals surface area contributed by atoms with Gasteiger partial charge in [-0.25, -0.2) is 0 Å². The molecule has 2 heterocycles. The van der Waals surface area contributed by atoms with Crippen LogP contribution < -0.4 is 5.73 Å². The number of benzene rings is 1. The van der Waals surface area contributed by atoms with Crippen molar-refractivity contribution < 1.29 is 0 Å². The van der Waals surface area contributed by atoms with Crippen LogP contribution in [-0.2, 0) is 0 Å². The molecule has 8 heteroatoms. The lowest BCUT2D eigenvalue weighted by molar-refractivity contribution is 0.851. The van der Waals surface area contributed by atoms with Crippen molar-refractivity contribution in [3.8, 4) is 11.4 Å². The smallest absolute Gasteiger partial charge is 0.258 e. The second-order valence-electron chi connectivity index (χ2n) is 4.13. The second kappa shape index (κ2) is 5.17. The number of fused-ring (bicyclic) bond motifs is 1. The van der Waals surface area contributed by atoms with Gasteiger partial charge in [-0.2, -0.15) is 19.5 Å². The van der Waals surface area contributed by atoms with Gasteiger partial charge >= 0.3 is 0 Å². The van der Waals surface area contributed by atoms with Crippen molar-refractivity contribution in [1.82, 2.24) is 24.6 Å². The molecule has 3 aromatic rings. The van der Waals surface area contributed by atoms with Crippen molar-refractivity contribution in [3.63, 3.8) is 0 Å². The normalized spacial score (nSPS) is 11.2. The second-order valence-corrected chi connectivity index (χ2v) is 6.06. The third-order valence-electron chi connectivity index (χ3n) is 2.90. The summed E-state index contributed by atoms with van der Waals surface area (Å²) in [7, 11) is 0. The molecule has 0 unspecified atom stereocenters. The Labute approximate surface area is 133 Å². The molecule has 0 aliphatic rings. The average molecular weight is 398 g/mol. The highest BCUT2D eigenvalue weighted by Crippen LogP contribution is 2.25. The minimum atomic E-state index is 0.293. The molecule has 2 N–H and O–H groups in total. The van der Waals surface area contributed by atoms with Gasteiger partial charge in [0.05, 0.1) is 0 Å². The molecule has 0 bridgehead atoms. The molecule has 6 nitrogen and oxygen atoms in total. The Kier molecular flexibility index (Phi) is 3.50. The monoisotopic (exact) mass is 398 g/mol. The predicted octanol–water partition coefficient (Wildman–Crippen LogP) is 2.40. The zero-order valence-electron chi connectivity index (χ0n) is 10.8. The Balaban J connectivity index is 2.23. The first-order chi connectivity index (χ1) is 9.60. The van der Waals surface area contributed by atoms with Crippen LogP contribution in [0, 0.1) is 10.5 Å². The lowest BCUT2D eigenvalue weighted by atomic mass is 10.1. The summed E-state index contributed by atoms with van der Waals surface area (Å²) in [5, 5.41) is 4.99. The zero-order chi connectivity index (χ0) is 14.3. The number of thioether (sulfide) groups is 1. The quantitative estimate of drug-likeness (QED) is 0.528. The molecule has 0 saturated carbocycles. The van der Waals surface area contributed by atoms with E-state index in [1.165, 1.54) is 19.8 Å². The molecule has 102 valence electrons. The standard InChI is InChI=1S/C12H11IN6S/c1-6-7(4-3-5-8(6)13)9-15-11-17-12(20-2)16-10(14)19(11)18-9/h3-5H,1-2H3,(H2,14,15,16,17,18). The minimum absolute atomic E-state index is 0.293. The molecule has 0 spiro atoms. The Bertz CT molecular complexity index is 800. The summed E-state index contributed by atoms with van der Waals surface area (Å²) in [6, 6.07) is 6.03. The summed E-state index contributed by atoms with van der Waals surface area (Å²) in [6.07, 6.45) is 1.90. The van der Waals surface area contributed by atoms with E-state index >= 15 is 0 Å². The average Bonchev–Trinajstić information content (AvgIpc) is 2.86. The highest BCUT2D eigenvalue weighted by Gasteiger charge is 2.14. The number of halogens is 1. The van der Waals surface area contributed by atoms with Crippen LogP contribution in [0.15, 0.2) is 23.4 Å². The van der Waals surface area contributed by atoms with E-state index in [0.717, 1.165) is 11.1 Å². The van der Waals surface area contributed by atoms with Crippen molar-refractivity contribution in [2.75, 3.05) is 12.0 Å². The fraction of sp³-hybridized carbons (Fsp3) is 0.167. The van der Waals surface area contributed by atoms with Gasteiger partial charge in [-0.1, -0.05) is 23.9 Å². The number of nitrogens with two attached hydrogens (primary N) is 1. The number of hydrogen-bond acceptors (Lipinski definition) is 6. The van der Waals surface area contributed by atoms with Gasteiger partial charge in [-0.05, 0) is 47.4 Å². The van der Waals surface area contributed by atoms with Crippen molar-refractivity contribution >= 4 is 46.1 Å². The number of nitrogen functional groups attached to an aromatic ring is 1. The first kappa shape index (κ1) is 13.6. The van der Waals surface area contributed by atoms with E-state index in [2.05, 4.69) is 48.7 Å². The first-order valence-corrected chi connectivity index (χ1v) is 8.10. The van der Waals surface area contributed by atoms with Gasteiger partial charge in [0.15, 0.2) is 11.0 Å². The number of aromatic nitrogens is 5. The zero-order valence-corrected chi connectivity index (χ0v) is 13.8. The Morgan fingerprint density at radius 3 is 2.80 bits per heavy atom. The van der Waals surface area contributed by atoms with Gasteiger partial charge in [0.1, 0.15) is 0 Å². The van der Waals surface area contributed by atoms with Gasteiger partial charge in [-0.15, -0.1) is 5.10 Å². The van der Waals surface area contributed by atoms with Crippen LogP contribution in [0.3, 0.4) is 0 Å². The molecule has 0 aliphatic heterocycles. The highest BCUT2D eigenvalue weighted by atomic mass is 127. The summed E-state index contributed by atoms with van der Waals surface area (Å²) >= 11 is 3.72. The van der Waals surface area contributed by atoms with Crippen LogP contribution in [0.5, 0.6) is 0 Å². The van der Waals surface area contributed by atoms with Crippen molar-refractivity contribution in [1.29, 1.82) is 0 Å². The van der Waals surface area contributed by atoms with Gasteiger partial charge in [0, 0.05) is 9.13 Å². The fourth-order valence-electron chi connectivity index (χ4n) is 1.84. The molecule has 0 atom stereocenters. The van der Waals surface area contributed by atoms with Gasteiger partial charge in [-0.3, -0.25) is 0 Å². The summed E-state index contributed by atoms with van der Waals surface area (Å²) in [5.41, 5.74) is 8.01. The molecule has 0 radical (unpaired) electrons. The van der Waals surface area contributed by atoms with Crippen molar-refractivity contribution in [2.45, 2.75) is 12.1 Å². The summed E-state index contributed by atoms with van der Waals surface area (Å²) in [5.74, 6) is 1.37. The molecule has 2 aromatic heterocycles. The molecule has 20 heavy (non-hydrogen) atoms. The molecule has 0 aliphatic carbocycles. The minimum Gasteiger partial charge on any atom is -0.368 e. The molecule has 1 aromatic carbocycles. The highest BCUT2D eigenvalue weighted by molar-refractivity contribution is 14.1. The number of nitrogens with zero attached hydrogens (tertiary/aromatic N) is 5. The van der Waals surface area contributed by atoms with Crippen molar-refractivity contribution in [2.24, 2.45) is 0 Å². The predicted molar refractivity (Wildman–Crippen MR) is 87.7 cm³/mol. The molecule has 0 saturated heterocycles. The number of hydrogen-bond donors (Lipinski definition) is 1. The number of rotatable bonds is 2. The summed E-state index contributed by atoms with van der Waals surface area (Å²) in [4.78, 5) is 12.9. The maximum Gasteiger partial charge on any atom is 0.258 e. The van der Waals surface area contributed by atoms with Crippen LogP contribution in [0.4, 0.5) is 5.95 Å². The SMILES string of the molecule is CSc1nc(N)n2nc(-c3cccc(I)c3C)nc2n1. The van der Waals surface area contributed by atoms with E-state index in [-0.39, 0.29) is 0 Å². The van der Waals surface area contributed by atoms with Crippen LogP contribution >= 0.6 is 34.4 Å². The summed E-state index contributed by atoms with van der Waals surface area (Å²) < 4.78 is 2.64. The van der Waals surface area contributed by atoms with Gasteiger partial charge in [0.25, 0.3) is 5.78 Å². The van der Waals surface area contributed by atoms with Crippen molar-refractivity contribution in [3.05, 3.63) is 27.3 Å². The molecular formula is C12H11IN6S. The molecular weight excluding hydrogens is 387 g/mol. The molecule has 0 fully saturated rings. The van der Waals surface area contributed by atoms with E-state index in [9.17, 15) is 0 Å². The van der Waals surface area contributed by atoms with Gasteiger partial charge < -0.3 is 5.73 Å². The third-order valence-corrected chi connectivity index (χ3v) is 4.62. The van der Waals surface area contributed by atoms with Crippen LogP contribution in [0.2, 0.25) is 0 Å². The molecule has 3 rings (SSSR count). The maximum atomic E-state index is 5.89. The third kappa shape index (κ3) is 2.22. The maximum absolute atomic E-state index is 5.89. The van der Waals surface area contributed by atoms with Crippen LogP contribution in [0.1, 0.15) is 5.56 Å². The van der Waals surface area contributed by atoms with Crippen LogP contribution in [0.25, 0.3) is 17.2 Å². The molecule has 0 amide bonds. The first-order valence-electron chi connectivity index (χ1n) is 5.80. The lowest BCUT2D eigenvalue weighted by Crippen LogP contribution is -2.04. The van der Waals surface area contributed by atoms with Crippen LogP contribution in [-0.4, -0.2) is 30.8 Å². The Morgan fingerprint density at radius 2 is 2.05 bits per heavy atom. The van der Waals surface area contributed by atoms with Gasteiger partial charge in [0.2, 0.25) is 5.95 Å². The number of anilines is 1. The largest absolute Gasteiger partial charge is 0.368 e. The Hall–Kier alpha value is -1.42. The van der Waals surface area contributed by atoms with E-state index < -0.39 is 0 Å². The fourth-order valence-corrected chi connectivity index (χ4v) is 2.70. The lowest BCUT2D eigenvalue weighted by Gasteiger charge is -2.02. The van der Waals surface area contributed by atoms with E-state index in [1.807, 2.05) is 25.3 Å². The summed E-state index contributed by atoms with van der Waals surface area (Å²) in [6.45, 7) is 2.05.